The van der Waals surface area contributed by atoms with Gasteiger partial charge in [-0.1, -0.05) is 61.7 Å². The van der Waals surface area contributed by atoms with E-state index in [0.29, 0.717) is 0 Å². The zero-order valence-electron chi connectivity index (χ0n) is 23.2. The monoisotopic (exact) mass is 596 g/mol. The zero-order chi connectivity index (χ0) is 30.3. The average Bonchev–Trinajstić information content (AvgIpc) is 3.00. The Kier molecular flexibility index (Phi) is 9.89. The number of rotatable bonds is 11. The van der Waals surface area contributed by atoms with E-state index in [4.69, 9.17) is 0 Å². The third kappa shape index (κ3) is 7.30. The van der Waals surface area contributed by atoms with Gasteiger partial charge in [0.25, 0.3) is 15.7 Å². The predicted molar refractivity (Wildman–Crippen MR) is 155 cm³/mol. The maximum atomic E-state index is 14.7. The number of hydrogen-bond donors (Lipinski definition) is 1. The van der Waals surface area contributed by atoms with Crippen LogP contribution in [0.4, 0.5) is 15.8 Å². The molecule has 2 amide bonds. The fraction of sp³-hybridized carbons (Fsp3) is 0.333. The molecule has 3 aromatic rings. The number of hydrogen-bond acceptors (Lipinski definition) is 6. The Hall–Kier alpha value is -4.32. The molecule has 0 bridgehead atoms. The fourth-order valence-electron chi connectivity index (χ4n) is 4.97. The molecule has 1 unspecified atom stereocenters. The molecule has 0 radical (unpaired) electrons. The number of non-ortho nitro benzene ring substituents is 1. The molecule has 10 nitrogen and oxygen atoms in total. The summed E-state index contributed by atoms with van der Waals surface area (Å²) in [4.78, 5) is 39.1. The van der Waals surface area contributed by atoms with E-state index in [1.54, 1.807) is 12.1 Å². The van der Waals surface area contributed by atoms with E-state index in [2.05, 4.69) is 5.32 Å². The van der Waals surface area contributed by atoms with E-state index < -0.39 is 45.2 Å². The highest BCUT2D eigenvalue weighted by Gasteiger charge is 2.34. The Balaban J connectivity index is 1.71. The normalized spacial score (nSPS) is 14.5. The highest BCUT2D eigenvalue weighted by molar-refractivity contribution is 7.92. The summed E-state index contributed by atoms with van der Waals surface area (Å²) in [5.41, 5.74) is -0.320. The first-order valence-electron chi connectivity index (χ1n) is 13.7. The molecule has 1 atom stereocenters. The van der Waals surface area contributed by atoms with Crippen molar-refractivity contribution in [3.05, 3.63) is 100 Å². The summed E-state index contributed by atoms with van der Waals surface area (Å²) in [5, 5.41) is 14.5. The Morgan fingerprint density at radius 3 is 2.33 bits per heavy atom. The first-order valence-corrected chi connectivity index (χ1v) is 15.2. The lowest BCUT2D eigenvalue weighted by Gasteiger charge is -2.33. The van der Waals surface area contributed by atoms with Gasteiger partial charge in [-0.3, -0.25) is 24.0 Å². The van der Waals surface area contributed by atoms with Crippen LogP contribution in [0.1, 0.15) is 44.6 Å². The summed E-state index contributed by atoms with van der Waals surface area (Å²) in [5.74, 6) is -1.79. The third-order valence-electron chi connectivity index (χ3n) is 7.36. The van der Waals surface area contributed by atoms with Crippen molar-refractivity contribution in [2.45, 2.75) is 62.6 Å². The number of nitrogens with zero attached hydrogens (tertiary/aromatic N) is 3. The van der Waals surface area contributed by atoms with Gasteiger partial charge in [0.05, 0.1) is 15.5 Å². The number of amides is 2. The smallest absolute Gasteiger partial charge is 0.271 e. The molecule has 222 valence electrons. The van der Waals surface area contributed by atoms with E-state index in [-0.39, 0.29) is 34.4 Å². The predicted octanol–water partition coefficient (Wildman–Crippen LogP) is 4.80. The molecule has 0 spiro atoms. The van der Waals surface area contributed by atoms with Gasteiger partial charge in [0.15, 0.2) is 0 Å². The summed E-state index contributed by atoms with van der Waals surface area (Å²) < 4.78 is 43.1. The van der Waals surface area contributed by atoms with Gasteiger partial charge in [0.1, 0.15) is 18.4 Å². The molecule has 1 fully saturated rings. The number of anilines is 1. The summed E-state index contributed by atoms with van der Waals surface area (Å²) >= 11 is 0. The van der Waals surface area contributed by atoms with Crippen molar-refractivity contribution in [2.24, 2.45) is 0 Å². The van der Waals surface area contributed by atoms with E-state index in [0.717, 1.165) is 47.4 Å². The van der Waals surface area contributed by atoms with E-state index >= 15 is 0 Å². The second-order valence-corrected chi connectivity index (χ2v) is 12.1. The van der Waals surface area contributed by atoms with Crippen molar-refractivity contribution in [3.63, 3.8) is 0 Å². The van der Waals surface area contributed by atoms with E-state index in [9.17, 15) is 32.5 Å². The van der Waals surface area contributed by atoms with Gasteiger partial charge >= 0.3 is 0 Å². The zero-order valence-corrected chi connectivity index (χ0v) is 24.0. The largest absolute Gasteiger partial charge is 0.352 e. The van der Waals surface area contributed by atoms with Gasteiger partial charge < -0.3 is 10.2 Å². The lowest BCUT2D eigenvalue weighted by molar-refractivity contribution is -0.384. The Morgan fingerprint density at radius 2 is 1.67 bits per heavy atom. The van der Waals surface area contributed by atoms with Crippen molar-refractivity contribution in [1.29, 1.82) is 0 Å². The van der Waals surface area contributed by atoms with E-state index in [1.807, 2.05) is 0 Å². The van der Waals surface area contributed by atoms with Crippen LogP contribution >= 0.6 is 0 Å². The summed E-state index contributed by atoms with van der Waals surface area (Å²) in [6.45, 7) is 0.438. The van der Waals surface area contributed by atoms with Crippen LogP contribution in [0.3, 0.4) is 0 Å². The van der Waals surface area contributed by atoms with Crippen LogP contribution in [0, 0.1) is 15.9 Å². The van der Waals surface area contributed by atoms with Crippen molar-refractivity contribution in [2.75, 3.05) is 10.8 Å². The van der Waals surface area contributed by atoms with Crippen LogP contribution in [-0.4, -0.2) is 48.7 Å². The number of nitro groups is 1. The summed E-state index contributed by atoms with van der Waals surface area (Å²) in [6.07, 6.45) is 4.67. The molecule has 1 N–H and O–H groups in total. The van der Waals surface area contributed by atoms with E-state index in [1.165, 1.54) is 67.6 Å². The first kappa shape index (κ1) is 30.6. The lowest BCUT2D eigenvalue weighted by atomic mass is 9.95. The summed E-state index contributed by atoms with van der Waals surface area (Å²) in [6, 6.07) is 17.0. The molecular weight excluding hydrogens is 563 g/mol. The molecule has 1 saturated carbocycles. The molecule has 1 aliphatic carbocycles. The molecule has 12 heteroatoms. The van der Waals surface area contributed by atoms with Gasteiger partial charge in [-0.2, -0.15) is 0 Å². The van der Waals surface area contributed by atoms with Crippen molar-refractivity contribution < 1.29 is 27.3 Å². The highest BCUT2D eigenvalue weighted by atomic mass is 32.2. The SMILES string of the molecule is CC(C(=O)NC1CCCCC1)N(Cc1ccccc1F)C(=O)CN(c1cccc([N+](=O)[O-])c1)S(=O)(=O)c1ccccc1. The van der Waals surface area contributed by atoms with Gasteiger partial charge in [0.2, 0.25) is 11.8 Å². The molecule has 42 heavy (non-hydrogen) atoms. The maximum absolute atomic E-state index is 14.7. The lowest BCUT2D eigenvalue weighted by Crippen LogP contribution is -2.53. The van der Waals surface area contributed by atoms with Gasteiger partial charge in [-0.15, -0.1) is 0 Å². The van der Waals surface area contributed by atoms with Crippen molar-refractivity contribution >= 4 is 33.2 Å². The second-order valence-electron chi connectivity index (χ2n) is 10.2. The standard InChI is InChI=1S/C30H33FN4O6S/c1-22(30(37)32-24-12-4-2-5-13-24)33(20-23-11-8-9-18-28(23)31)29(36)21-34(25-14-10-15-26(19-25)35(38)39)42(40,41)27-16-6-3-7-17-27/h3,6-11,14-19,22,24H,2,4-5,12-13,20-21H2,1H3,(H,32,37). The fourth-order valence-corrected chi connectivity index (χ4v) is 6.40. The molecular formula is C30H33FN4O6S. The Bertz CT molecular complexity index is 1530. The molecule has 0 heterocycles. The van der Waals surface area contributed by atoms with Crippen LogP contribution in [0.5, 0.6) is 0 Å². The Labute approximate surface area is 244 Å². The minimum absolute atomic E-state index is 0.0426. The van der Waals surface area contributed by atoms with Gasteiger partial charge in [-0.05, 0) is 44.0 Å². The average molecular weight is 597 g/mol. The molecule has 1 aliphatic rings. The van der Waals surface area contributed by atoms with Crippen molar-refractivity contribution in [3.8, 4) is 0 Å². The van der Waals surface area contributed by atoms with Gasteiger partial charge in [-0.25, -0.2) is 12.8 Å². The minimum Gasteiger partial charge on any atom is -0.352 e. The van der Waals surface area contributed by atoms with Gasteiger partial charge in [0, 0.05) is 30.3 Å². The van der Waals surface area contributed by atoms with Crippen LogP contribution < -0.4 is 9.62 Å². The van der Waals surface area contributed by atoms with Crippen LogP contribution in [0.2, 0.25) is 0 Å². The molecule has 3 aromatic carbocycles. The minimum atomic E-state index is -4.39. The second kappa shape index (κ2) is 13.6. The van der Waals surface area contributed by atoms with Crippen LogP contribution in [0.15, 0.2) is 83.8 Å². The summed E-state index contributed by atoms with van der Waals surface area (Å²) in [7, 11) is -4.39. The first-order chi connectivity index (χ1) is 20.1. The van der Waals surface area contributed by atoms with Crippen LogP contribution in [-0.2, 0) is 26.2 Å². The number of carbonyl (C=O) groups is 2. The quantitative estimate of drug-likeness (QED) is 0.250. The number of sulfonamides is 1. The Morgan fingerprint density at radius 1 is 1.00 bits per heavy atom. The third-order valence-corrected chi connectivity index (χ3v) is 9.14. The maximum Gasteiger partial charge on any atom is 0.271 e. The molecule has 0 aromatic heterocycles. The number of benzene rings is 3. The van der Waals surface area contributed by atoms with Crippen molar-refractivity contribution in [1.82, 2.24) is 10.2 Å². The molecule has 0 saturated heterocycles. The number of halogens is 1. The highest BCUT2D eigenvalue weighted by Crippen LogP contribution is 2.28. The van der Waals surface area contributed by atoms with Crippen LogP contribution in [0.25, 0.3) is 0 Å². The number of nitro benzene ring substituents is 1. The number of carbonyl (C=O) groups excluding carboxylic acids is 2. The topological polar surface area (TPSA) is 130 Å². The number of nitrogens with one attached hydrogen (secondary N) is 1. The molecule has 4 rings (SSSR count). The molecule has 0 aliphatic heterocycles.